The highest BCUT2D eigenvalue weighted by Gasteiger charge is 2.25. The summed E-state index contributed by atoms with van der Waals surface area (Å²) >= 11 is 0. The molecule has 1 aromatic rings. The Kier molecular flexibility index (Phi) is 6.52. The number of rotatable bonds is 6. The Hall–Kier alpha value is -1.95. The maximum atomic E-state index is 13.7. The number of likely N-dealkylation sites (tertiary alicyclic amines) is 1. The quantitative estimate of drug-likeness (QED) is 0.782. The fourth-order valence-corrected chi connectivity index (χ4v) is 2.76. The molecule has 2 amide bonds. The van der Waals surface area contributed by atoms with Crippen molar-refractivity contribution < 1.29 is 14.0 Å². The summed E-state index contributed by atoms with van der Waals surface area (Å²) in [6, 6.07) is 6.14. The number of carbonyl (C=O) groups excluding carboxylic acids is 2. The van der Waals surface area contributed by atoms with Crippen LogP contribution in [0.1, 0.15) is 36.0 Å². The van der Waals surface area contributed by atoms with E-state index in [-0.39, 0.29) is 23.4 Å². The van der Waals surface area contributed by atoms with Gasteiger partial charge in [0.25, 0.3) is 5.91 Å². The van der Waals surface area contributed by atoms with Crippen molar-refractivity contribution in [2.24, 2.45) is 0 Å². The standard InChI is InChI=1S/C17H24FN3O2/c1-19-10-4-7-16(22)20-13-8-11-21(12-9-13)17(23)14-5-2-3-6-15(14)18/h2-3,5-6,13,19H,4,7-12H2,1H3,(H,20,22). The van der Waals surface area contributed by atoms with Gasteiger partial charge in [-0.2, -0.15) is 0 Å². The molecule has 2 N–H and O–H groups in total. The van der Waals surface area contributed by atoms with Gasteiger partial charge in [-0.3, -0.25) is 9.59 Å². The van der Waals surface area contributed by atoms with Gasteiger partial charge in [0.2, 0.25) is 5.91 Å². The maximum absolute atomic E-state index is 13.7. The third kappa shape index (κ3) is 5.03. The van der Waals surface area contributed by atoms with Gasteiger partial charge in [0.05, 0.1) is 5.56 Å². The Balaban J connectivity index is 1.79. The molecule has 0 saturated carbocycles. The molecule has 0 bridgehead atoms. The molecule has 0 spiro atoms. The Morgan fingerprint density at radius 2 is 1.96 bits per heavy atom. The number of hydrogen-bond donors (Lipinski definition) is 2. The summed E-state index contributed by atoms with van der Waals surface area (Å²) in [7, 11) is 1.86. The first-order valence-corrected chi connectivity index (χ1v) is 8.09. The minimum atomic E-state index is -0.488. The summed E-state index contributed by atoms with van der Waals surface area (Å²) in [4.78, 5) is 25.8. The van der Waals surface area contributed by atoms with Crippen LogP contribution in [-0.4, -0.2) is 49.4 Å². The van der Waals surface area contributed by atoms with E-state index in [2.05, 4.69) is 10.6 Å². The van der Waals surface area contributed by atoms with Crippen LogP contribution in [0.3, 0.4) is 0 Å². The number of piperidine rings is 1. The Labute approximate surface area is 136 Å². The molecular weight excluding hydrogens is 297 g/mol. The summed E-state index contributed by atoms with van der Waals surface area (Å²) in [5.74, 6) is -0.710. The predicted octanol–water partition coefficient (Wildman–Crippen LogP) is 1.55. The van der Waals surface area contributed by atoms with Crippen molar-refractivity contribution in [1.82, 2.24) is 15.5 Å². The zero-order chi connectivity index (χ0) is 16.7. The van der Waals surface area contributed by atoms with Crippen LogP contribution in [-0.2, 0) is 4.79 Å². The van der Waals surface area contributed by atoms with Crippen molar-refractivity contribution in [2.75, 3.05) is 26.7 Å². The normalized spacial score (nSPS) is 15.5. The van der Waals surface area contributed by atoms with Gasteiger partial charge in [-0.05, 0) is 45.0 Å². The van der Waals surface area contributed by atoms with Gasteiger partial charge in [0.1, 0.15) is 5.82 Å². The highest BCUT2D eigenvalue weighted by molar-refractivity contribution is 5.94. The van der Waals surface area contributed by atoms with Crippen LogP contribution < -0.4 is 10.6 Å². The lowest BCUT2D eigenvalue weighted by atomic mass is 10.0. The molecule has 23 heavy (non-hydrogen) atoms. The van der Waals surface area contributed by atoms with Crippen LogP contribution in [0, 0.1) is 5.82 Å². The lowest BCUT2D eigenvalue weighted by Gasteiger charge is -2.32. The van der Waals surface area contributed by atoms with Crippen LogP contribution in [0.15, 0.2) is 24.3 Å². The Morgan fingerprint density at radius 3 is 2.61 bits per heavy atom. The van der Waals surface area contributed by atoms with Crippen LogP contribution in [0.5, 0.6) is 0 Å². The van der Waals surface area contributed by atoms with Gasteiger partial charge in [0, 0.05) is 25.6 Å². The van der Waals surface area contributed by atoms with E-state index in [0.717, 1.165) is 13.0 Å². The summed E-state index contributed by atoms with van der Waals surface area (Å²) in [6.07, 6.45) is 2.73. The first kappa shape index (κ1) is 17.4. The van der Waals surface area contributed by atoms with Crippen molar-refractivity contribution in [3.8, 4) is 0 Å². The number of carbonyl (C=O) groups is 2. The monoisotopic (exact) mass is 321 g/mol. The minimum absolute atomic E-state index is 0.0548. The first-order valence-electron chi connectivity index (χ1n) is 8.09. The molecule has 5 nitrogen and oxygen atoms in total. The van der Waals surface area contributed by atoms with Crippen LogP contribution in [0.4, 0.5) is 4.39 Å². The second-order valence-corrected chi connectivity index (χ2v) is 5.82. The molecule has 1 aliphatic rings. The van der Waals surface area contributed by atoms with E-state index >= 15 is 0 Å². The van der Waals surface area contributed by atoms with Crippen LogP contribution >= 0.6 is 0 Å². The smallest absolute Gasteiger partial charge is 0.256 e. The highest BCUT2D eigenvalue weighted by atomic mass is 19.1. The molecule has 0 atom stereocenters. The second-order valence-electron chi connectivity index (χ2n) is 5.82. The molecule has 1 saturated heterocycles. The number of hydrogen-bond acceptors (Lipinski definition) is 3. The van der Waals surface area contributed by atoms with E-state index in [9.17, 15) is 14.0 Å². The summed E-state index contributed by atoms with van der Waals surface area (Å²) in [5.41, 5.74) is 0.113. The van der Waals surface area contributed by atoms with Crippen molar-refractivity contribution >= 4 is 11.8 Å². The van der Waals surface area contributed by atoms with Crippen LogP contribution in [0.2, 0.25) is 0 Å². The zero-order valence-electron chi connectivity index (χ0n) is 13.5. The second kappa shape index (κ2) is 8.62. The zero-order valence-corrected chi connectivity index (χ0v) is 13.5. The topological polar surface area (TPSA) is 61.4 Å². The molecule has 1 aliphatic heterocycles. The van der Waals surface area contributed by atoms with E-state index in [4.69, 9.17) is 0 Å². The molecule has 1 heterocycles. The van der Waals surface area contributed by atoms with Gasteiger partial charge in [0.15, 0.2) is 0 Å². The number of nitrogens with one attached hydrogen (secondary N) is 2. The molecule has 0 aliphatic carbocycles. The van der Waals surface area contributed by atoms with Gasteiger partial charge < -0.3 is 15.5 Å². The highest BCUT2D eigenvalue weighted by Crippen LogP contribution is 2.16. The van der Waals surface area contributed by atoms with E-state index in [1.54, 1.807) is 17.0 Å². The van der Waals surface area contributed by atoms with E-state index in [1.165, 1.54) is 12.1 Å². The molecule has 0 aromatic heterocycles. The van der Waals surface area contributed by atoms with E-state index < -0.39 is 5.82 Å². The number of nitrogens with zero attached hydrogens (tertiary/aromatic N) is 1. The Morgan fingerprint density at radius 1 is 1.26 bits per heavy atom. The molecule has 0 unspecified atom stereocenters. The van der Waals surface area contributed by atoms with Gasteiger partial charge in [-0.15, -0.1) is 0 Å². The number of amides is 2. The van der Waals surface area contributed by atoms with Crippen LogP contribution in [0.25, 0.3) is 0 Å². The van der Waals surface area contributed by atoms with E-state index in [0.29, 0.717) is 32.4 Å². The summed E-state index contributed by atoms with van der Waals surface area (Å²) in [5, 5.41) is 6.02. The summed E-state index contributed by atoms with van der Waals surface area (Å²) < 4.78 is 13.7. The third-order valence-corrected chi connectivity index (χ3v) is 4.08. The minimum Gasteiger partial charge on any atom is -0.353 e. The Bertz CT molecular complexity index is 542. The fourth-order valence-electron chi connectivity index (χ4n) is 2.76. The lowest BCUT2D eigenvalue weighted by molar-refractivity contribution is -0.122. The number of benzene rings is 1. The van der Waals surface area contributed by atoms with Gasteiger partial charge in [-0.1, -0.05) is 12.1 Å². The third-order valence-electron chi connectivity index (χ3n) is 4.08. The molecule has 0 radical (unpaired) electrons. The molecule has 2 rings (SSSR count). The first-order chi connectivity index (χ1) is 11.1. The molecular formula is C17H24FN3O2. The SMILES string of the molecule is CNCCCC(=O)NC1CCN(C(=O)c2ccccc2F)CC1. The van der Waals surface area contributed by atoms with Crippen molar-refractivity contribution in [3.05, 3.63) is 35.6 Å². The van der Waals surface area contributed by atoms with Crippen molar-refractivity contribution in [3.63, 3.8) is 0 Å². The largest absolute Gasteiger partial charge is 0.353 e. The predicted molar refractivity (Wildman–Crippen MR) is 86.6 cm³/mol. The average Bonchev–Trinajstić information content (AvgIpc) is 2.56. The molecule has 6 heteroatoms. The maximum Gasteiger partial charge on any atom is 0.256 e. The average molecular weight is 321 g/mol. The van der Waals surface area contributed by atoms with Gasteiger partial charge >= 0.3 is 0 Å². The fraction of sp³-hybridized carbons (Fsp3) is 0.529. The lowest BCUT2D eigenvalue weighted by Crippen LogP contribution is -2.46. The number of halogens is 1. The van der Waals surface area contributed by atoms with Crippen molar-refractivity contribution in [1.29, 1.82) is 0 Å². The van der Waals surface area contributed by atoms with E-state index in [1.807, 2.05) is 7.05 Å². The van der Waals surface area contributed by atoms with Crippen molar-refractivity contribution in [2.45, 2.75) is 31.7 Å². The molecule has 1 aromatic carbocycles. The summed E-state index contributed by atoms with van der Waals surface area (Å²) in [6.45, 7) is 1.90. The molecule has 126 valence electrons. The molecule has 1 fully saturated rings. The van der Waals surface area contributed by atoms with Gasteiger partial charge in [-0.25, -0.2) is 4.39 Å².